The first-order valence-corrected chi connectivity index (χ1v) is 5.70. The van der Waals surface area contributed by atoms with Crippen LogP contribution in [0.1, 0.15) is 32.0 Å². The minimum absolute atomic E-state index is 0.808. The van der Waals surface area contributed by atoms with E-state index in [1.165, 1.54) is 12.8 Å². The molecule has 0 saturated carbocycles. The van der Waals surface area contributed by atoms with E-state index < -0.39 is 0 Å². The van der Waals surface area contributed by atoms with Gasteiger partial charge in [-0.3, -0.25) is 0 Å². The van der Waals surface area contributed by atoms with E-state index in [1.807, 2.05) is 6.20 Å². The molecule has 1 aromatic heterocycles. The molecule has 2 N–H and O–H groups in total. The lowest BCUT2D eigenvalue weighted by molar-refractivity contribution is 0.128. The van der Waals surface area contributed by atoms with Gasteiger partial charge in [0, 0.05) is 25.6 Å². The minimum Gasteiger partial charge on any atom is -0.381 e. The second-order valence-electron chi connectivity index (χ2n) is 3.53. The Morgan fingerprint density at radius 3 is 3.00 bits per heavy atom. The maximum atomic E-state index is 5.45. The van der Waals surface area contributed by atoms with Gasteiger partial charge in [-0.05, 0) is 19.4 Å². The zero-order chi connectivity index (χ0) is 10.8. The minimum atomic E-state index is 0.808. The Morgan fingerprint density at radius 1 is 1.40 bits per heavy atom. The van der Waals surface area contributed by atoms with Gasteiger partial charge in [-0.15, -0.1) is 0 Å². The Labute approximate surface area is 91.4 Å². The summed E-state index contributed by atoms with van der Waals surface area (Å²) < 4.78 is 5.45. The summed E-state index contributed by atoms with van der Waals surface area (Å²) in [6.45, 7) is 5.71. The maximum Gasteiger partial charge on any atom is 0.120 e. The fourth-order valence-corrected chi connectivity index (χ4v) is 1.25. The summed E-state index contributed by atoms with van der Waals surface area (Å²) in [6, 6.07) is 0. The highest BCUT2D eigenvalue weighted by Crippen LogP contribution is 1.90. The average Bonchev–Trinajstić information content (AvgIpc) is 2.75. The van der Waals surface area contributed by atoms with E-state index in [-0.39, 0.29) is 0 Å². The number of nitrogens with one attached hydrogen (secondary N) is 2. The summed E-state index contributed by atoms with van der Waals surface area (Å²) in [7, 11) is 0. The first kappa shape index (κ1) is 12.2. The van der Waals surface area contributed by atoms with Crippen LogP contribution in [-0.4, -0.2) is 29.7 Å². The highest BCUT2D eigenvalue weighted by molar-refractivity contribution is 4.85. The van der Waals surface area contributed by atoms with Gasteiger partial charge in [-0.2, -0.15) is 0 Å². The molecule has 1 heterocycles. The molecule has 0 atom stereocenters. The molecule has 0 radical (unpaired) electrons. The van der Waals surface area contributed by atoms with Crippen molar-refractivity contribution >= 4 is 0 Å². The van der Waals surface area contributed by atoms with Crippen molar-refractivity contribution < 1.29 is 4.74 Å². The molecule has 0 aliphatic heterocycles. The number of unbranched alkanes of at least 4 members (excludes halogenated alkanes) is 1. The zero-order valence-corrected chi connectivity index (χ0v) is 9.46. The predicted octanol–water partition coefficient (Wildman–Crippen LogP) is 1.71. The number of H-pyrrole nitrogens is 1. The van der Waals surface area contributed by atoms with Crippen molar-refractivity contribution in [3.63, 3.8) is 0 Å². The molecule has 0 saturated heterocycles. The summed E-state index contributed by atoms with van der Waals surface area (Å²) in [6.07, 6.45) is 7.04. The smallest absolute Gasteiger partial charge is 0.120 e. The summed E-state index contributed by atoms with van der Waals surface area (Å²) in [5.41, 5.74) is 0. The van der Waals surface area contributed by atoms with Gasteiger partial charge < -0.3 is 15.0 Å². The molecule has 0 fully saturated rings. The summed E-state index contributed by atoms with van der Waals surface area (Å²) in [4.78, 5) is 7.18. The summed E-state index contributed by atoms with van der Waals surface area (Å²) >= 11 is 0. The van der Waals surface area contributed by atoms with E-state index in [1.54, 1.807) is 6.20 Å². The van der Waals surface area contributed by atoms with Crippen molar-refractivity contribution in [2.45, 2.75) is 32.7 Å². The Bertz CT molecular complexity index is 224. The van der Waals surface area contributed by atoms with Crippen molar-refractivity contribution in [2.24, 2.45) is 0 Å². The highest BCUT2D eigenvalue weighted by Gasteiger charge is 1.93. The summed E-state index contributed by atoms with van der Waals surface area (Å²) in [5, 5.41) is 3.30. The zero-order valence-electron chi connectivity index (χ0n) is 9.46. The van der Waals surface area contributed by atoms with Gasteiger partial charge in [0.05, 0.1) is 6.54 Å². The second kappa shape index (κ2) is 8.44. The van der Waals surface area contributed by atoms with Gasteiger partial charge in [0.1, 0.15) is 5.82 Å². The largest absolute Gasteiger partial charge is 0.381 e. The molecule has 0 aromatic carbocycles. The van der Waals surface area contributed by atoms with Gasteiger partial charge in [0.15, 0.2) is 0 Å². The Balaban J connectivity index is 1.81. The summed E-state index contributed by atoms with van der Waals surface area (Å²) in [5.74, 6) is 0.988. The monoisotopic (exact) mass is 211 g/mol. The molecule has 0 unspecified atom stereocenters. The normalized spacial score (nSPS) is 10.7. The molecule has 1 aromatic rings. The van der Waals surface area contributed by atoms with Crippen LogP contribution in [0.25, 0.3) is 0 Å². The van der Waals surface area contributed by atoms with Crippen molar-refractivity contribution in [3.8, 4) is 0 Å². The first-order valence-electron chi connectivity index (χ1n) is 5.70. The van der Waals surface area contributed by atoms with Crippen LogP contribution < -0.4 is 5.32 Å². The Kier molecular flexibility index (Phi) is 6.86. The molecule has 0 aliphatic rings. The standard InChI is InChI=1S/C11H21N3O/c1-2-3-8-15-9-4-5-12-10-11-13-6-7-14-11/h6-7,12H,2-5,8-10H2,1H3,(H,13,14). The van der Waals surface area contributed by atoms with Gasteiger partial charge in [-0.1, -0.05) is 13.3 Å². The van der Waals surface area contributed by atoms with Gasteiger partial charge in [0.2, 0.25) is 0 Å². The fourth-order valence-electron chi connectivity index (χ4n) is 1.25. The number of hydrogen-bond donors (Lipinski definition) is 2. The number of hydrogen-bond acceptors (Lipinski definition) is 3. The highest BCUT2D eigenvalue weighted by atomic mass is 16.5. The second-order valence-corrected chi connectivity index (χ2v) is 3.53. The number of aromatic nitrogens is 2. The molecule has 15 heavy (non-hydrogen) atoms. The van der Waals surface area contributed by atoms with Crippen molar-refractivity contribution in [1.29, 1.82) is 0 Å². The maximum absolute atomic E-state index is 5.45. The Hall–Kier alpha value is -0.870. The predicted molar refractivity (Wildman–Crippen MR) is 60.6 cm³/mol. The molecule has 4 heteroatoms. The molecular weight excluding hydrogens is 190 g/mol. The van der Waals surface area contributed by atoms with E-state index in [0.717, 1.165) is 38.5 Å². The SMILES string of the molecule is CCCCOCCCNCc1ncc[nH]1. The molecule has 0 spiro atoms. The van der Waals surface area contributed by atoms with E-state index in [2.05, 4.69) is 22.2 Å². The third-order valence-corrected chi connectivity index (χ3v) is 2.13. The molecule has 86 valence electrons. The number of imidazole rings is 1. The average molecular weight is 211 g/mol. The molecule has 4 nitrogen and oxygen atoms in total. The number of ether oxygens (including phenoxy) is 1. The molecule has 0 bridgehead atoms. The van der Waals surface area contributed by atoms with Crippen LogP contribution in [0.2, 0.25) is 0 Å². The van der Waals surface area contributed by atoms with Gasteiger partial charge in [0.25, 0.3) is 0 Å². The topological polar surface area (TPSA) is 49.9 Å². The van der Waals surface area contributed by atoms with Crippen molar-refractivity contribution in [2.75, 3.05) is 19.8 Å². The number of nitrogens with zero attached hydrogens (tertiary/aromatic N) is 1. The lowest BCUT2D eigenvalue weighted by Gasteiger charge is -2.04. The van der Waals surface area contributed by atoms with E-state index in [0.29, 0.717) is 0 Å². The lowest BCUT2D eigenvalue weighted by Crippen LogP contribution is -2.17. The van der Waals surface area contributed by atoms with E-state index >= 15 is 0 Å². The lowest BCUT2D eigenvalue weighted by atomic mass is 10.3. The first-order chi connectivity index (χ1) is 7.43. The van der Waals surface area contributed by atoms with Crippen molar-refractivity contribution in [3.05, 3.63) is 18.2 Å². The van der Waals surface area contributed by atoms with Crippen LogP contribution in [0.4, 0.5) is 0 Å². The van der Waals surface area contributed by atoms with Crippen LogP contribution in [0.5, 0.6) is 0 Å². The van der Waals surface area contributed by atoms with Gasteiger partial charge in [-0.25, -0.2) is 4.98 Å². The fraction of sp³-hybridized carbons (Fsp3) is 0.727. The van der Waals surface area contributed by atoms with Crippen LogP contribution in [0, 0.1) is 0 Å². The Morgan fingerprint density at radius 2 is 2.27 bits per heavy atom. The van der Waals surface area contributed by atoms with Crippen LogP contribution in [-0.2, 0) is 11.3 Å². The molecular formula is C11H21N3O. The third kappa shape index (κ3) is 6.25. The quantitative estimate of drug-likeness (QED) is 0.611. The number of aromatic amines is 1. The van der Waals surface area contributed by atoms with E-state index in [9.17, 15) is 0 Å². The number of rotatable bonds is 9. The molecule has 0 aliphatic carbocycles. The molecule has 0 amide bonds. The molecule has 1 rings (SSSR count). The van der Waals surface area contributed by atoms with Crippen LogP contribution >= 0.6 is 0 Å². The van der Waals surface area contributed by atoms with Crippen LogP contribution in [0.15, 0.2) is 12.4 Å². The van der Waals surface area contributed by atoms with Crippen molar-refractivity contribution in [1.82, 2.24) is 15.3 Å². The van der Waals surface area contributed by atoms with Crippen LogP contribution in [0.3, 0.4) is 0 Å². The van der Waals surface area contributed by atoms with E-state index in [4.69, 9.17) is 4.74 Å². The third-order valence-electron chi connectivity index (χ3n) is 2.13. The van der Waals surface area contributed by atoms with Gasteiger partial charge >= 0.3 is 0 Å².